The maximum atomic E-state index is 14.6. The van der Waals surface area contributed by atoms with Crippen molar-refractivity contribution >= 4 is 65.3 Å². The highest BCUT2D eigenvalue weighted by atomic mass is 16.8. The lowest BCUT2D eigenvalue weighted by Gasteiger charge is -2.53. The number of aliphatic hydroxyl groups is 29. The summed E-state index contributed by atoms with van der Waals surface area (Å²) in [6.45, 7) is -11.2. The van der Waals surface area contributed by atoms with E-state index in [1.165, 1.54) is 0 Å². The third kappa shape index (κ3) is 27.4. The molecule has 68 heteroatoms. The van der Waals surface area contributed by atoms with E-state index in [4.69, 9.17) is 80.5 Å². The zero-order chi connectivity index (χ0) is 112. The molecule has 6 amide bonds. The van der Waals surface area contributed by atoms with E-state index in [1.807, 2.05) is 5.32 Å². The predicted molar refractivity (Wildman–Crippen MR) is 454 cm³/mol. The van der Waals surface area contributed by atoms with Gasteiger partial charge in [0.05, 0.1) is 120 Å². The number of hydrogen-bond acceptors (Lipinski definition) is 57. The third-order valence-corrected chi connectivity index (χ3v) is 26.2. The van der Waals surface area contributed by atoms with Crippen LogP contribution in [0.2, 0.25) is 0 Å². The summed E-state index contributed by atoms with van der Waals surface area (Å²) in [6, 6.07) is -13.1. The first-order valence-corrected chi connectivity index (χ1v) is 45.9. The van der Waals surface area contributed by atoms with Crippen LogP contribution in [0.3, 0.4) is 0 Å². The Kier molecular flexibility index (Phi) is 43.8. The number of carboxylic acid groups (broad SMARTS) is 5. The summed E-state index contributed by atoms with van der Waals surface area (Å²) in [5.41, 5.74) is 0. The van der Waals surface area contributed by atoms with Gasteiger partial charge in [0, 0.05) is 66.7 Å². The van der Waals surface area contributed by atoms with Crippen LogP contribution in [0.4, 0.5) is 0 Å². The molecular weight excluding hydrogens is 2050 g/mol. The molecule has 0 aliphatic carbocycles. The molecule has 9 heterocycles. The molecule has 40 N–H and O–H groups in total. The molecule has 0 unspecified atom stereocenters. The van der Waals surface area contributed by atoms with Crippen LogP contribution < -0.4 is 31.9 Å². The normalized spacial score (nSPS) is 41.7. The van der Waals surface area contributed by atoms with Gasteiger partial charge in [-0.15, -0.1) is 0 Å². The maximum Gasteiger partial charge on any atom is 0.364 e. The van der Waals surface area contributed by atoms with Crippen molar-refractivity contribution < 1.29 is 307 Å². The zero-order valence-electron chi connectivity index (χ0n) is 79.2. The summed E-state index contributed by atoms with van der Waals surface area (Å²) in [5, 5.41) is 397. The van der Waals surface area contributed by atoms with E-state index >= 15 is 0 Å². The summed E-state index contributed by atoms with van der Waals surface area (Å²) in [7, 11) is 0. The quantitative estimate of drug-likeness (QED) is 0.0269. The first kappa shape index (κ1) is 125. The fraction of sp³-hybridized carbons (Fsp3) is 0.864. The molecule has 68 nitrogen and oxygen atoms in total. The molecule has 0 saturated carbocycles. The number of aliphatic carboxylic acids is 5. The van der Waals surface area contributed by atoms with E-state index in [9.17, 15) is 226 Å². The Morgan fingerprint density at radius 2 is 0.557 bits per heavy atom. The maximum absolute atomic E-state index is 14.6. The van der Waals surface area contributed by atoms with Crippen LogP contribution in [0.15, 0.2) is 0 Å². The first-order chi connectivity index (χ1) is 69.7. The van der Waals surface area contributed by atoms with Crippen LogP contribution in [0.5, 0.6) is 0 Å². The van der Waals surface area contributed by atoms with Crippen LogP contribution >= 0.6 is 0 Å². The number of carboxylic acids is 5. The van der Waals surface area contributed by atoms with Crippen molar-refractivity contribution in [2.75, 3.05) is 66.1 Å². The number of aliphatic hydroxyl groups excluding tert-OH is 29. The fourth-order valence-electron chi connectivity index (χ4n) is 18.9. The lowest BCUT2D eigenvalue weighted by Crippen LogP contribution is -2.73. The van der Waals surface area contributed by atoms with Gasteiger partial charge in [-0.25, -0.2) is 24.0 Å². The van der Waals surface area contributed by atoms with Crippen LogP contribution in [0.1, 0.15) is 66.7 Å². The number of nitrogens with one attached hydrogen (secondary N) is 6. The van der Waals surface area contributed by atoms with Crippen LogP contribution in [-0.4, -0.2) is 609 Å². The topological polar surface area (TPSA) is 1100 Å². The summed E-state index contributed by atoms with van der Waals surface area (Å²) in [6.07, 6.45) is -108. The van der Waals surface area contributed by atoms with E-state index in [1.54, 1.807) is 0 Å². The smallest absolute Gasteiger partial charge is 0.364 e. The van der Waals surface area contributed by atoms with Gasteiger partial charge in [0.1, 0.15) is 196 Å². The van der Waals surface area contributed by atoms with Crippen molar-refractivity contribution in [3.8, 4) is 0 Å². The van der Waals surface area contributed by atoms with Crippen molar-refractivity contribution in [2.45, 2.75) is 371 Å². The molecule has 0 radical (unpaired) electrons. The fourth-order valence-corrected chi connectivity index (χ4v) is 18.9. The molecule has 0 spiro atoms. The molecule has 856 valence electrons. The number of carbonyl (C=O) groups excluding carboxylic acids is 6. The highest BCUT2D eigenvalue weighted by Gasteiger charge is 2.69. The lowest BCUT2D eigenvalue weighted by molar-refractivity contribution is -0.405. The molecule has 0 aromatic heterocycles. The average molecular weight is 2180 g/mol. The third-order valence-electron chi connectivity index (χ3n) is 26.2. The Labute approximate surface area is 838 Å². The lowest BCUT2D eigenvalue weighted by atomic mass is 9.86. The van der Waals surface area contributed by atoms with Gasteiger partial charge in [-0.1, -0.05) is 0 Å². The van der Waals surface area contributed by atoms with Crippen LogP contribution in [-0.2, 0) is 133 Å². The van der Waals surface area contributed by atoms with Crippen molar-refractivity contribution in [1.82, 2.24) is 31.9 Å². The highest BCUT2D eigenvalue weighted by Crippen LogP contribution is 2.47. The SMILES string of the molecule is CC(=O)N[C@H]1[C@H](O[C@@H]2[C@H](O[C@]3(C(=O)O)C[C@H](O)[C@@H](NC(C)=O)[C@H]([C@H](O)[C@@H](CO)O[C@]4(C(=O)O)C[C@H](O)[C@@H](NC(=O)CO)[C@H]([C@H](O)[C@@H](CO)O[C@]5(C(=O)O)C[C@H](O)[C@@H](NC(C)=O)[C@H]([C@H](O)[C@H](O)CO)O5)O4)O3)[C@@H](O)[C@H](O[C@H]3[C@H](O)[C@@H](O)[C@H](O)O[C@@H]3CO)O[C@@H]2CO)O[C@H](CO)[C@H](O)[C@@H]1O[C@@H]1O[C@H](CO)[C@H](O)[C@H](O[C@]2(C(=O)O)C[C@H](O)[C@@H](NC(C)=O)[C@H]([C@H](O)[C@@H](CO)O[C@]3(C(=O)O)C[C@H](O)[C@@H](NC(C)=O)[C@H]([C@H](O)[C@H](O)CO)O3)O2)[C@H]1O. The van der Waals surface area contributed by atoms with Gasteiger partial charge in [-0.05, 0) is 0 Å². The molecule has 9 rings (SSSR count). The van der Waals surface area contributed by atoms with Gasteiger partial charge in [-0.2, -0.15) is 0 Å². The minimum absolute atomic E-state index is 0.716. The molecule has 0 aromatic rings. The molecule has 9 aliphatic heterocycles. The first-order valence-electron chi connectivity index (χ1n) is 45.9. The van der Waals surface area contributed by atoms with Crippen molar-refractivity contribution in [3.63, 3.8) is 0 Å². The van der Waals surface area contributed by atoms with E-state index in [-0.39, 0.29) is 0 Å². The number of ether oxygens (including phenoxy) is 17. The molecule has 149 heavy (non-hydrogen) atoms. The predicted octanol–water partition coefficient (Wildman–Crippen LogP) is -24.8. The number of hydrogen-bond donors (Lipinski definition) is 40. The summed E-state index contributed by atoms with van der Waals surface area (Å²) in [4.78, 5) is 147. The van der Waals surface area contributed by atoms with Gasteiger partial charge >= 0.3 is 29.8 Å². The summed E-state index contributed by atoms with van der Waals surface area (Å²) in [5.74, 6) is -37.7. The van der Waals surface area contributed by atoms with E-state index in [0.29, 0.717) is 6.92 Å². The van der Waals surface area contributed by atoms with E-state index < -0.39 is 467 Å². The Balaban J connectivity index is 1.09. The Morgan fingerprint density at radius 1 is 0.289 bits per heavy atom. The zero-order valence-corrected chi connectivity index (χ0v) is 79.2. The average Bonchev–Trinajstić information content (AvgIpc) is 0.714. The van der Waals surface area contributed by atoms with Crippen molar-refractivity contribution in [1.29, 1.82) is 0 Å². The Hall–Kier alpha value is -7.67. The van der Waals surface area contributed by atoms with Gasteiger partial charge in [0.15, 0.2) is 25.2 Å². The molecule has 50 atom stereocenters. The van der Waals surface area contributed by atoms with Gasteiger partial charge in [-0.3, -0.25) is 28.8 Å². The number of amides is 6. The largest absolute Gasteiger partial charge is 0.477 e. The Bertz CT molecular complexity index is 4470. The number of carbonyl (C=O) groups is 11. The minimum atomic E-state index is -3.98. The minimum Gasteiger partial charge on any atom is -0.477 e. The van der Waals surface area contributed by atoms with Gasteiger partial charge < -0.3 is 286 Å². The molecular formula is C81H130N6O62. The van der Waals surface area contributed by atoms with Gasteiger partial charge in [0.25, 0.3) is 28.9 Å². The monoisotopic (exact) mass is 2180 g/mol. The highest BCUT2D eigenvalue weighted by molar-refractivity contribution is 5.81. The molecule has 9 aliphatic rings. The second kappa shape index (κ2) is 52.3. The van der Waals surface area contributed by atoms with Gasteiger partial charge in [0.2, 0.25) is 35.4 Å². The van der Waals surface area contributed by atoms with Crippen molar-refractivity contribution in [2.24, 2.45) is 0 Å². The Morgan fingerprint density at radius 3 is 0.872 bits per heavy atom. The van der Waals surface area contributed by atoms with Crippen LogP contribution in [0, 0.1) is 0 Å². The molecule has 0 bridgehead atoms. The standard InChI is InChI=1S/C81H130N6O62/c1-21(98)82-41-26(103)6-77(72(123)124,143-61(41)47(111)31(108)11-88)140-35(15-92)51(115)63-43(84-23(3)100)28(105)9-80(146-63,75(129)130)148-66-50(114)34(14-91)135-70(56(66)120)139-60-46(86-25(5)102)69(134-33(13-90)49(60)113)138-59-39(19-96)136-71(137-58-38(18-95)133-68(122)55(119)54(58)118)57(121)67(59)149-81(76(131)132)10-29(106)44(85-24(4)101)64(147-81)52(116)36(16-93)142-79(74(127)128)8-30(107)45(87-40(110)20-97)65(145-79)53(117)37(17-94)141-78(73(125)126)7-27(104)42(83-22(2)99)62(144-78)48(112)32(109)12-89/h26-39,41-71,88-97,103-109,111-122H,6-20H2,1-5H3,(H,82,98)(H,83,99)(H,84,100)(H,85,101)(H,86,102)(H,87,110)(H,123,124)(H,125,126)(H,127,128)(H,129,130)(H,131,132)/t26-,27-,28-,29-,30-,31+,32+,33+,34+,35+,36+,37+,38+,39+,41+,42+,43+,44+,45+,46+,47+,48+,49-,50-,51+,52+,53+,54+,55+,56+,57+,58+,59-,60+,61+,62+,63+,64+,65+,66-,67+,68+,69-,70-,71-,77+,78+,79+,80-,81-/m0/s1. The van der Waals surface area contributed by atoms with Crippen molar-refractivity contribution in [3.05, 3.63) is 0 Å². The van der Waals surface area contributed by atoms with E-state index in [0.717, 1.165) is 27.7 Å². The summed E-state index contributed by atoms with van der Waals surface area (Å²) < 4.78 is 99.2. The molecule has 9 fully saturated rings. The van der Waals surface area contributed by atoms with Crippen LogP contribution in [0.25, 0.3) is 0 Å². The second-order valence-electron chi connectivity index (χ2n) is 36.7. The van der Waals surface area contributed by atoms with E-state index in [2.05, 4.69) is 26.6 Å². The number of rotatable bonds is 47. The summed E-state index contributed by atoms with van der Waals surface area (Å²) >= 11 is 0. The second-order valence-corrected chi connectivity index (χ2v) is 36.7. The molecule has 0 aromatic carbocycles. The molecule has 9 saturated heterocycles.